The van der Waals surface area contributed by atoms with Gasteiger partial charge in [0.1, 0.15) is 11.5 Å². The molecule has 1 aromatic heterocycles. The summed E-state index contributed by atoms with van der Waals surface area (Å²) < 4.78 is 5.02. The van der Waals surface area contributed by atoms with E-state index in [0.717, 1.165) is 0 Å². The van der Waals surface area contributed by atoms with Crippen LogP contribution in [-0.4, -0.2) is 23.6 Å². The zero-order valence-corrected chi connectivity index (χ0v) is 9.88. The Balaban J connectivity index is 2.23. The maximum absolute atomic E-state index is 12.1. The molecule has 4 nitrogen and oxygen atoms in total. The summed E-state index contributed by atoms with van der Waals surface area (Å²) in [6.45, 7) is 0. The van der Waals surface area contributed by atoms with Crippen molar-refractivity contribution in [3.8, 4) is 5.75 Å². The van der Waals surface area contributed by atoms with Gasteiger partial charge in [0, 0.05) is 23.5 Å². The minimum atomic E-state index is -0.316. The number of pyridine rings is 1. The number of benzene rings is 1. The van der Waals surface area contributed by atoms with Crippen molar-refractivity contribution in [1.29, 1.82) is 5.41 Å². The number of ketones is 1. The van der Waals surface area contributed by atoms with E-state index < -0.39 is 0 Å². The number of ether oxygens (including phenoxy) is 1. The molecule has 0 radical (unpaired) electrons. The van der Waals surface area contributed by atoms with E-state index in [4.69, 9.17) is 10.1 Å². The van der Waals surface area contributed by atoms with E-state index in [1.807, 2.05) is 0 Å². The number of carbonyl (C=O) groups excluding carboxylic acids is 1. The first-order valence-electron chi connectivity index (χ1n) is 5.40. The molecule has 0 atom stereocenters. The number of hydrogen-bond acceptors (Lipinski definition) is 4. The van der Waals surface area contributed by atoms with Crippen LogP contribution in [-0.2, 0) is 0 Å². The molecular formula is C14H12N2O2. The molecule has 18 heavy (non-hydrogen) atoms. The van der Waals surface area contributed by atoms with Gasteiger partial charge >= 0.3 is 0 Å². The summed E-state index contributed by atoms with van der Waals surface area (Å²) in [5, 5.41) is 7.86. The molecule has 1 heterocycles. The second kappa shape index (κ2) is 5.23. The molecule has 90 valence electrons. The van der Waals surface area contributed by atoms with Crippen LogP contribution in [0.5, 0.6) is 5.75 Å². The van der Waals surface area contributed by atoms with Gasteiger partial charge in [-0.15, -0.1) is 0 Å². The van der Waals surface area contributed by atoms with E-state index in [2.05, 4.69) is 4.98 Å². The molecule has 0 fully saturated rings. The van der Waals surface area contributed by atoms with Crippen molar-refractivity contribution in [3.63, 3.8) is 0 Å². The van der Waals surface area contributed by atoms with Crippen LogP contribution in [0, 0.1) is 5.41 Å². The van der Waals surface area contributed by atoms with Gasteiger partial charge in [-0.2, -0.15) is 0 Å². The molecule has 1 aromatic carbocycles. The molecule has 0 bridgehead atoms. The number of hydrogen-bond donors (Lipinski definition) is 1. The predicted octanol–water partition coefficient (Wildman–Crippen LogP) is 2.34. The Bertz CT molecular complexity index is 562. The number of rotatable bonds is 4. The van der Waals surface area contributed by atoms with Crippen molar-refractivity contribution < 1.29 is 9.53 Å². The van der Waals surface area contributed by atoms with Crippen molar-refractivity contribution in [3.05, 3.63) is 59.9 Å². The van der Waals surface area contributed by atoms with Gasteiger partial charge in [0.15, 0.2) is 0 Å². The first-order valence-corrected chi connectivity index (χ1v) is 5.40. The van der Waals surface area contributed by atoms with Crippen LogP contribution in [0.2, 0.25) is 0 Å². The standard InChI is InChI=1S/C14H12N2O2/c1-18-12-4-2-11(3-5-12)14(17)13(15)10-6-8-16-9-7-10/h2-9,15H,1H3. The maximum Gasteiger partial charge on any atom is 0.211 e. The maximum atomic E-state index is 12.1. The highest BCUT2D eigenvalue weighted by Crippen LogP contribution is 2.13. The van der Waals surface area contributed by atoms with Gasteiger partial charge < -0.3 is 4.74 Å². The third-order valence-electron chi connectivity index (χ3n) is 2.55. The van der Waals surface area contributed by atoms with Crippen LogP contribution in [0.15, 0.2) is 48.8 Å². The second-order valence-electron chi connectivity index (χ2n) is 3.67. The molecule has 0 unspecified atom stereocenters. The highest BCUT2D eigenvalue weighted by atomic mass is 16.5. The summed E-state index contributed by atoms with van der Waals surface area (Å²) in [5.74, 6) is 0.367. The van der Waals surface area contributed by atoms with Crippen LogP contribution in [0.1, 0.15) is 15.9 Å². The average molecular weight is 240 g/mol. The SMILES string of the molecule is COc1ccc(C(=O)C(=N)c2ccncc2)cc1. The van der Waals surface area contributed by atoms with Crippen LogP contribution >= 0.6 is 0 Å². The minimum absolute atomic E-state index is 0.0393. The lowest BCUT2D eigenvalue weighted by molar-refractivity contribution is 0.106. The smallest absolute Gasteiger partial charge is 0.211 e. The van der Waals surface area contributed by atoms with E-state index in [-0.39, 0.29) is 11.5 Å². The largest absolute Gasteiger partial charge is 0.497 e. The molecule has 0 spiro atoms. The Hall–Kier alpha value is -2.49. The van der Waals surface area contributed by atoms with Crippen molar-refractivity contribution in [2.24, 2.45) is 0 Å². The summed E-state index contributed by atoms with van der Waals surface area (Å²) in [7, 11) is 1.57. The highest BCUT2D eigenvalue weighted by molar-refractivity contribution is 6.50. The van der Waals surface area contributed by atoms with Gasteiger partial charge in [-0.3, -0.25) is 15.2 Å². The average Bonchev–Trinajstić information content (AvgIpc) is 2.47. The molecular weight excluding hydrogens is 228 g/mol. The summed E-state index contributed by atoms with van der Waals surface area (Å²) in [5.41, 5.74) is 0.992. The molecule has 0 aliphatic rings. The number of carbonyl (C=O) groups is 1. The first kappa shape index (κ1) is 12.0. The fourth-order valence-corrected chi connectivity index (χ4v) is 1.54. The van der Waals surface area contributed by atoms with Crippen LogP contribution in [0.4, 0.5) is 0 Å². The number of nitrogens with one attached hydrogen (secondary N) is 1. The monoisotopic (exact) mass is 240 g/mol. The summed E-state index contributed by atoms with van der Waals surface area (Å²) in [6, 6.07) is 9.99. The normalized spacial score (nSPS) is 9.83. The predicted molar refractivity (Wildman–Crippen MR) is 68.4 cm³/mol. The molecule has 0 saturated carbocycles. The first-order chi connectivity index (χ1) is 8.72. The molecule has 1 N–H and O–H groups in total. The molecule has 2 aromatic rings. The summed E-state index contributed by atoms with van der Waals surface area (Å²) in [4.78, 5) is 15.9. The van der Waals surface area contributed by atoms with Crippen molar-refractivity contribution >= 4 is 11.5 Å². The number of nitrogens with zero attached hydrogens (tertiary/aromatic N) is 1. The molecule has 2 rings (SSSR count). The van der Waals surface area contributed by atoms with Crippen molar-refractivity contribution in [1.82, 2.24) is 4.98 Å². The summed E-state index contributed by atoms with van der Waals surface area (Å²) >= 11 is 0. The van der Waals surface area contributed by atoms with Gasteiger partial charge in [0.25, 0.3) is 0 Å². The van der Waals surface area contributed by atoms with Gasteiger partial charge in [-0.25, -0.2) is 0 Å². The fraction of sp³-hybridized carbons (Fsp3) is 0.0714. The lowest BCUT2D eigenvalue weighted by Crippen LogP contribution is -2.14. The Morgan fingerprint density at radius 2 is 1.67 bits per heavy atom. The molecule has 0 saturated heterocycles. The van der Waals surface area contributed by atoms with Crippen molar-refractivity contribution in [2.45, 2.75) is 0 Å². The third kappa shape index (κ3) is 2.43. The Morgan fingerprint density at radius 3 is 2.22 bits per heavy atom. The van der Waals surface area contributed by atoms with E-state index >= 15 is 0 Å². The Labute approximate surface area is 105 Å². The Kier molecular flexibility index (Phi) is 3.48. The molecule has 0 amide bonds. The number of methoxy groups -OCH3 is 1. The van der Waals surface area contributed by atoms with Gasteiger partial charge in [0.2, 0.25) is 5.78 Å². The quantitative estimate of drug-likeness (QED) is 0.659. The molecule has 0 aliphatic heterocycles. The molecule has 4 heteroatoms. The minimum Gasteiger partial charge on any atom is -0.497 e. The van der Waals surface area contributed by atoms with E-state index in [1.165, 1.54) is 0 Å². The van der Waals surface area contributed by atoms with Crippen molar-refractivity contribution in [2.75, 3.05) is 7.11 Å². The van der Waals surface area contributed by atoms with Gasteiger partial charge in [-0.05, 0) is 36.4 Å². The van der Waals surface area contributed by atoms with E-state index in [1.54, 1.807) is 55.9 Å². The van der Waals surface area contributed by atoms with E-state index in [0.29, 0.717) is 16.9 Å². The molecule has 0 aliphatic carbocycles. The van der Waals surface area contributed by atoms with Gasteiger partial charge in [-0.1, -0.05) is 0 Å². The van der Waals surface area contributed by atoms with E-state index in [9.17, 15) is 4.79 Å². The lowest BCUT2D eigenvalue weighted by Gasteiger charge is -2.04. The third-order valence-corrected chi connectivity index (χ3v) is 2.55. The van der Waals surface area contributed by atoms with Gasteiger partial charge in [0.05, 0.1) is 7.11 Å². The zero-order valence-electron chi connectivity index (χ0n) is 9.88. The lowest BCUT2D eigenvalue weighted by atomic mass is 10.0. The number of aromatic nitrogens is 1. The van der Waals surface area contributed by atoms with Crippen LogP contribution in [0.3, 0.4) is 0 Å². The topological polar surface area (TPSA) is 63.0 Å². The highest BCUT2D eigenvalue weighted by Gasteiger charge is 2.13. The zero-order chi connectivity index (χ0) is 13.0. The Morgan fingerprint density at radius 1 is 1.06 bits per heavy atom. The van der Waals surface area contributed by atoms with Crippen LogP contribution < -0.4 is 4.74 Å². The fourth-order valence-electron chi connectivity index (χ4n) is 1.54. The van der Waals surface area contributed by atoms with Crippen LogP contribution in [0.25, 0.3) is 0 Å². The number of Topliss-reactive ketones (excluding diaryl/α,β-unsaturated/α-hetero) is 1. The summed E-state index contributed by atoms with van der Waals surface area (Å²) in [6.07, 6.45) is 3.12. The second-order valence-corrected chi connectivity index (χ2v) is 3.67.